The molecule has 0 unspecified atom stereocenters. The van der Waals surface area contributed by atoms with Gasteiger partial charge in [0.15, 0.2) is 5.65 Å². The van der Waals surface area contributed by atoms with Crippen LogP contribution in [-0.2, 0) is 17.4 Å². The zero-order valence-electron chi connectivity index (χ0n) is 19.0. The Bertz CT molecular complexity index is 1430. The van der Waals surface area contributed by atoms with Crippen molar-refractivity contribution in [3.63, 3.8) is 0 Å². The van der Waals surface area contributed by atoms with Gasteiger partial charge in [-0.25, -0.2) is 33.7 Å². The normalized spacial score (nSPS) is 17.8. The Morgan fingerprint density at radius 2 is 1.88 bits per heavy atom. The Morgan fingerprint density at radius 1 is 1.15 bits per heavy atom. The van der Waals surface area contributed by atoms with Gasteiger partial charge in [0.1, 0.15) is 34.7 Å². The fourth-order valence-electron chi connectivity index (χ4n) is 4.07. The van der Waals surface area contributed by atoms with Crippen LogP contribution in [0.15, 0.2) is 36.9 Å². The number of alkyl halides is 2. The van der Waals surface area contributed by atoms with Gasteiger partial charge in [-0.3, -0.25) is 10.1 Å². The summed E-state index contributed by atoms with van der Waals surface area (Å²) in [5.74, 6) is -2.07. The molecule has 1 aliphatic heterocycles. The molecule has 1 atom stereocenters. The summed E-state index contributed by atoms with van der Waals surface area (Å²) in [5.41, 5.74) is 2.97. The summed E-state index contributed by atoms with van der Waals surface area (Å²) in [4.78, 5) is 34.8. The predicted molar refractivity (Wildman–Crippen MR) is 122 cm³/mol. The number of aromatic nitrogens is 6. The molecule has 3 aromatic heterocycles. The molecule has 9 nitrogen and oxygen atoms in total. The van der Waals surface area contributed by atoms with Crippen LogP contribution in [0.4, 0.5) is 14.5 Å². The zero-order chi connectivity index (χ0) is 24.3. The molecule has 4 aromatic rings. The van der Waals surface area contributed by atoms with Crippen LogP contribution in [0.25, 0.3) is 33.8 Å². The average molecular weight is 464 g/mol. The van der Waals surface area contributed by atoms with Crippen molar-refractivity contribution in [3.8, 4) is 22.6 Å². The summed E-state index contributed by atoms with van der Waals surface area (Å²) in [5, 5.41) is 5.50. The van der Waals surface area contributed by atoms with E-state index in [9.17, 15) is 13.6 Å². The summed E-state index contributed by atoms with van der Waals surface area (Å²) in [7, 11) is 1.85. The fraction of sp³-hybridized carbons (Fsp3) is 0.304. The number of imidazole rings is 1. The van der Waals surface area contributed by atoms with Gasteiger partial charge in [0.2, 0.25) is 5.91 Å². The number of carbonyl (C=O) groups excluding carboxylic acids is 1. The van der Waals surface area contributed by atoms with Gasteiger partial charge in [-0.15, -0.1) is 0 Å². The highest BCUT2D eigenvalue weighted by Crippen LogP contribution is 2.39. The lowest BCUT2D eigenvalue weighted by atomic mass is 9.91. The van der Waals surface area contributed by atoms with E-state index in [0.717, 1.165) is 12.5 Å². The lowest BCUT2D eigenvalue weighted by Crippen LogP contribution is -2.49. The van der Waals surface area contributed by atoms with E-state index in [1.165, 1.54) is 6.33 Å². The maximum atomic E-state index is 13.5. The van der Waals surface area contributed by atoms with Gasteiger partial charge in [0.25, 0.3) is 5.92 Å². The largest absolute Gasteiger partial charge is 0.324 e. The van der Waals surface area contributed by atoms with Crippen LogP contribution >= 0.6 is 0 Å². The topological polar surface area (TPSA) is 111 Å². The highest BCUT2D eigenvalue weighted by atomic mass is 19.3. The third kappa shape index (κ3) is 3.58. The molecule has 0 aliphatic carbocycles. The standard InChI is InChI=1S/C23H22F2N8O/c1-12-26-8-14(9-27-12)19-32-18-17(28-11-29-20(18)33(19)4)13-5-6-16-15(7-13)23(3,21(34)31-16)30-10-22(2,24)25/h5-9,11,30H,10H2,1-4H3,(H,31,34)/t23-/m1/s1. The summed E-state index contributed by atoms with van der Waals surface area (Å²) in [6.07, 6.45) is 4.84. The molecular weight excluding hydrogens is 442 g/mol. The Kier molecular flexibility index (Phi) is 4.90. The quantitative estimate of drug-likeness (QED) is 0.467. The molecule has 34 heavy (non-hydrogen) atoms. The molecule has 0 fully saturated rings. The molecule has 5 rings (SSSR count). The van der Waals surface area contributed by atoms with Gasteiger partial charge in [-0.2, -0.15) is 0 Å². The summed E-state index contributed by atoms with van der Waals surface area (Å²) in [6, 6.07) is 5.33. The van der Waals surface area contributed by atoms with Crippen LogP contribution in [0.3, 0.4) is 0 Å². The number of nitrogens with zero attached hydrogens (tertiary/aromatic N) is 6. The molecular formula is C23H22F2N8O. The monoisotopic (exact) mass is 464 g/mol. The Balaban J connectivity index is 1.61. The first kappa shape index (κ1) is 22.0. The number of hydrogen-bond acceptors (Lipinski definition) is 7. The van der Waals surface area contributed by atoms with Crippen molar-refractivity contribution in [2.24, 2.45) is 7.05 Å². The smallest absolute Gasteiger partial charge is 0.257 e. The molecule has 0 bridgehead atoms. The molecule has 0 radical (unpaired) electrons. The number of hydrogen-bond donors (Lipinski definition) is 2. The Morgan fingerprint density at radius 3 is 2.59 bits per heavy atom. The highest BCUT2D eigenvalue weighted by molar-refractivity contribution is 6.06. The lowest BCUT2D eigenvalue weighted by Gasteiger charge is -2.26. The van der Waals surface area contributed by atoms with Crippen LogP contribution in [0.1, 0.15) is 25.2 Å². The van der Waals surface area contributed by atoms with Crippen LogP contribution in [0, 0.1) is 6.92 Å². The second-order valence-corrected chi connectivity index (χ2v) is 8.67. The van der Waals surface area contributed by atoms with E-state index in [2.05, 4.69) is 30.6 Å². The molecule has 4 heterocycles. The molecule has 174 valence electrons. The minimum Gasteiger partial charge on any atom is -0.324 e. The second kappa shape index (κ2) is 7.59. The molecule has 0 saturated heterocycles. The number of rotatable bonds is 5. The van der Waals surface area contributed by atoms with Crippen LogP contribution < -0.4 is 10.6 Å². The van der Waals surface area contributed by atoms with E-state index in [-0.39, 0.29) is 0 Å². The number of fused-ring (bicyclic) bond motifs is 2. The molecule has 0 saturated carbocycles. The first-order chi connectivity index (χ1) is 16.1. The van der Waals surface area contributed by atoms with Crippen LogP contribution in [-0.4, -0.2) is 47.9 Å². The summed E-state index contributed by atoms with van der Waals surface area (Å²) < 4.78 is 28.9. The van der Waals surface area contributed by atoms with Crippen molar-refractivity contribution in [3.05, 3.63) is 48.3 Å². The minimum absolute atomic E-state index is 0.392. The number of carbonyl (C=O) groups is 1. The number of aryl methyl sites for hydroxylation is 2. The van der Waals surface area contributed by atoms with E-state index in [1.54, 1.807) is 38.4 Å². The van der Waals surface area contributed by atoms with Crippen molar-refractivity contribution in [1.82, 2.24) is 34.8 Å². The maximum Gasteiger partial charge on any atom is 0.257 e. The average Bonchev–Trinajstić information content (AvgIpc) is 3.26. The number of halogens is 2. The van der Waals surface area contributed by atoms with Gasteiger partial charge < -0.3 is 9.88 Å². The van der Waals surface area contributed by atoms with Crippen LogP contribution in [0.5, 0.6) is 0 Å². The van der Waals surface area contributed by atoms with E-state index in [1.807, 2.05) is 17.7 Å². The number of benzene rings is 1. The van der Waals surface area contributed by atoms with Crippen LogP contribution in [0.2, 0.25) is 0 Å². The molecule has 1 aromatic carbocycles. The Labute approximate surface area is 193 Å². The van der Waals surface area contributed by atoms with Crippen molar-refractivity contribution in [2.45, 2.75) is 32.2 Å². The van der Waals surface area contributed by atoms with Crippen molar-refractivity contribution in [2.75, 3.05) is 11.9 Å². The SMILES string of the molecule is Cc1ncc(-c2nc3c(-c4ccc5c(c4)[C@@](C)(NCC(C)(F)F)C(=O)N5)ncnc3n2C)cn1. The predicted octanol–water partition coefficient (Wildman–Crippen LogP) is 3.21. The molecule has 1 aliphatic rings. The molecule has 2 N–H and O–H groups in total. The zero-order valence-corrected chi connectivity index (χ0v) is 19.0. The van der Waals surface area contributed by atoms with Gasteiger partial charge in [0.05, 0.1) is 12.1 Å². The van der Waals surface area contributed by atoms with E-state index in [4.69, 9.17) is 4.98 Å². The first-order valence-electron chi connectivity index (χ1n) is 10.6. The van der Waals surface area contributed by atoms with Gasteiger partial charge >= 0.3 is 0 Å². The van der Waals surface area contributed by atoms with E-state index < -0.39 is 23.9 Å². The molecule has 1 amide bonds. The van der Waals surface area contributed by atoms with Crippen molar-refractivity contribution < 1.29 is 13.6 Å². The third-order valence-corrected chi connectivity index (χ3v) is 5.98. The lowest BCUT2D eigenvalue weighted by molar-refractivity contribution is -0.122. The fourth-order valence-corrected chi connectivity index (χ4v) is 4.07. The van der Waals surface area contributed by atoms with E-state index >= 15 is 0 Å². The van der Waals surface area contributed by atoms with Crippen molar-refractivity contribution >= 4 is 22.8 Å². The summed E-state index contributed by atoms with van der Waals surface area (Å²) in [6.45, 7) is 3.57. The first-order valence-corrected chi connectivity index (χ1v) is 10.6. The van der Waals surface area contributed by atoms with Gasteiger partial charge in [0, 0.05) is 43.2 Å². The third-order valence-electron chi connectivity index (χ3n) is 5.98. The molecule has 0 spiro atoms. The number of anilines is 1. The van der Waals surface area contributed by atoms with Crippen molar-refractivity contribution in [1.29, 1.82) is 0 Å². The second-order valence-electron chi connectivity index (χ2n) is 8.67. The van der Waals surface area contributed by atoms with Gasteiger partial charge in [-0.05, 0) is 26.0 Å². The highest BCUT2D eigenvalue weighted by Gasteiger charge is 2.44. The Hall–Kier alpha value is -3.86. The summed E-state index contributed by atoms with van der Waals surface area (Å²) >= 11 is 0. The number of amides is 1. The van der Waals surface area contributed by atoms with Gasteiger partial charge in [-0.1, -0.05) is 6.07 Å². The maximum absolute atomic E-state index is 13.5. The number of nitrogens with one attached hydrogen (secondary N) is 2. The van der Waals surface area contributed by atoms with E-state index in [0.29, 0.717) is 45.3 Å². The minimum atomic E-state index is -2.97. The molecule has 11 heteroatoms.